The standard InChI is InChI=1S/C15H22F3N3O3S.ClH/c1-14(2,9-19)10-21(3)13(22)8-20-25(23,24)12-6-4-5-11(7-12)15(16,17)18;/h4-7,20H,8-10,19H2,1-3H3;1H. The van der Waals surface area contributed by atoms with Crippen LogP contribution in [-0.4, -0.2) is 45.9 Å². The molecule has 1 rings (SSSR count). The first kappa shape index (κ1) is 24.6. The lowest BCUT2D eigenvalue weighted by molar-refractivity contribution is -0.137. The smallest absolute Gasteiger partial charge is 0.344 e. The van der Waals surface area contributed by atoms with Crippen molar-refractivity contribution in [1.29, 1.82) is 0 Å². The fourth-order valence-corrected chi connectivity index (χ4v) is 3.03. The highest BCUT2D eigenvalue weighted by molar-refractivity contribution is 7.89. The van der Waals surface area contributed by atoms with Gasteiger partial charge in [0.2, 0.25) is 15.9 Å². The van der Waals surface area contributed by atoms with E-state index in [1.165, 1.54) is 11.9 Å². The average molecular weight is 418 g/mol. The molecule has 0 unspecified atom stereocenters. The van der Waals surface area contributed by atoms with Crippen LogP contribution in [0.25, 0.3) is 0 Å². The molecule has 1 aromatic rings. The molecule has 0 saturated carbocycles. The number of rotatable bonds is 7. The van der Waals surface area contributed by atoms with Crippen molar-refractivity contribution < 1.29 is 26.4 Å². The van der Waals surface area contributed by atoms with Crippen LogP contribution in [0, 0.1) is 5.41 Å². The lowest BCUT2D eigenvalue weighted by Gasteiger charge is -2.29. The molecule has 0 aliphatic rings. The van der Waals surface area contributed by atoms with Crippen LogP contribution < -0.4 is 10.5 Å². The van der Waals surface area contributed by atoms with Gasteiger partial charge in [-0.15, -0.1) is 12.4 Å². The number of amides is 1. The van der Waals surface area contributed by atoms with Crippen molar-refractivity contribution in [2.45, 2.75) is 24.9 Å². The number of hydrogen-bond donors (Lipinski definition) is 2. The summed E-state index contributed by atoms with van der Waals surface area (Å²) in [7, 11) is -2.74. The fraction of sp³-hybridized carbons (Fsp3) is 0.533. The Labute approximate surface area is 157 Å². The van der Waals surface area contributed by atoms with E-state index in [-0.39, 0.29) is 17.8 Å². The SMILES string of the molecule is CN(CC(C)(C)CN)C(=O)CNS(=O)(=O)c1cccc(C(F)(F)F)c1.Cl. The van der Waals surface area contributed by atoms with Crippen molar-refractivity contribution in [1.82, 2.24) is 9.62 Å². The number of nitrogens with two attached hydrogens (primary N) is 1. The maximum Gasteiger partial charge on any atom is 0.416 e. The van der Waals surface area contributed by atoms with Gasteiger partial charge in [-0.1, -0.05) is 19.9 Å². The van der Waals surface area contributed by atoms with E-state index in [9.17, 15) is 26.4 Å². The van der Waals surface area contributed by atoms with Gasteiger partial charge in [-0.05, 0) is 30.2 Å². The molecule has 0 fully saturated rings. The highest BCUT2D eigenvalue weighted by Gasteiger charge is 2.31. The third kappa shape index (κ3) is 7.10. The van der Waals surface area contributed by atoms with E-state index in [0.29, 0.717) is 19.2 Å². The Hall–Kier alpha value is -1.36. The first-order chi connectivity index (χ1) is 11.3. The Balaban J connectivity index is 0.00000625. The zero-order chi connectivity index (χ0) is 19.5. The molecule has 0 saturated heterocycles. The molecule has 0 aliphatic carbocycles. The van der Waals surface area contributed by atoms with E-state index in [4.69, 9.17) is 5.73 Å². The number of alkyl halides is 3. The van der Waals surface area contributed by atoms with Gasteiger partial charge in [-0.25, -0.2) is 13.1 Å². The summed E-state index contributed by atoms with van der Waals surface area (Å²) >= 11 is 0. The van der Waals surface area contributed by atoms with Crippen molar-refractivity contribution >= 4 is 28.3 Å². The topological polar surface area (TPSA) is 92.5 Å². The zero-order valence-electron chi connectivity index (χ0n) is 14.6. The van der Waals surface area contributed by atoms with Gasteiger partial charge in [-0.2, -0.15) is 13.2 Å². The second-order valence-electron chi connectivity index (χ2n) is 6.47. The molecule has 26 heavy (non-hydrogen) atoms. The van der Waals surface area contributed by atoms with Crippen LogP contribution in [0.1, 0.15) is 19.4 Å². The Bertz CT molecular complexity index is 724. The Morgan fingerprint density at radius 2 is 1.85 bits per heavy atom. The fourth-order valence-electron chi connectivity index (χ4n) is 2.01. The van der Waals surface area contributed by atoms with E-state index in [1.54, 1.807) is 0 Å². The Kier molecular flexibility index (Phi) is 8.55. The van der Waals surface area contributed by atoms with E-state index in [0.717, 1.165) is 18.2 Å². The summed E-state index contributed by atoms with van der Waals surface area (Å²) in [6, 6.07) is 3.32. The lowest BCUT2D eigenvalue weighted by atomic mass is 9.93. The predicted octanol–water partition coefficient (Wildman–Crippen LogP) is 1.85. The molecule has 0 heterocycles. The minimum atomic E-state index is -4.66. The number of nitrogens with zero attached hydrogens (tertiary/aromatic N) is 1. The molecule has 150 valence electrons. The van der Waals surface area contributed by atoms with Gasteiger partial charge in [0.25, 0.3) is 0 Å². The predicted molar refractivity (Wildman–Crippen MR) is 94.4 cm³/mol. The molecular weight excluding hydrogens is 395 g/mol. The van der Waals surface area contributed by atoms with Gasteiger partial charge in [0.05, 0.1) is 17.0 Å². The summed E-state index contributed by atoms with van der Waals surface area (Å²) in [6.07, 6.45) is -4.66. The number of benzene rings is 1. The molecule has 0 spiro atoms. The number of carbonyl (C=O) groups is 1. The van der Waals surface area contributed by atoms with Crippen LogP contribution >= 0.6 is 12.4 Å². The molecule has 1 amide bonds. The van der Waals surface area contributed by atoms with E-state index in [1.807, 2.05) is 18.6 Å². The van der Waals surface area contributed by atoms with Gasteiger partial charge < -0.3 is 10.6 Å². The molecule has 3 N–H and O–H groups in total. The van der Waals surface area contributed by atoms with Crippen LogP contribution in [0.15, 0.2) is 29.2 Å². The summed E-state index contributed by atoms with van der Waals surface area (Å²) in [6.45, 7) is 3.79. The van der Waals surface area contributed by atoms with Crippen LogP contribution in [0.2, 0.25) is 0 Å². The monoisotopic (exact) mass is 417 g/mol. The summed E-state index contributed by atoms with van der Waals surface area (Å²) in [5.74, 6) is -0.517. The average Bonchev–Trinajstić information content (AvgIpc) is 2.51. The molecule has 0 bridgehead atoms. The molecule has 6 nitrogen and oxygen atoms in total. The minimum absolute atomic E-state index is 0. The van der Waals surface area contributed by atoms with E-state index >= 15 is 0 Å². The second-order valence-corrected chi connectivity index (χ2v) is 8.24. The number of nitrogens with one attached hydrogen (secondary N) is 1. The molecular formula is C15H23ClF3N3O3S. The Morgan fingerprint density at radius 1 is 1.27 bits per heavy atom. The van der Waals surface area contributed by atoms with Crippen molar-refractivity contribution in [3.63, 3.8) is 0 Å². The summed E-state index contributed by atoms with van der Waals surface area (Å²) in [5.41, 5.74) is 4.16. The summed E-state index contributed by atoms with van der Waals surface area (Å²) in [5, 5.41) is 0. The largest absolute Gasteiger partial charge is 0.416 e. The van der Waals surface area contributed by atoms with Gasteiger partial charge in [0.1, 0.15) is 0 Å². The van der Waals surface area contributed by atoms with Crippen LogP contribution in [0.5, 0.6) is 0 Å². The number of hydrogen-bond acceptors (Lipinski definition) is 4. The molecule has 0 aliphatic heterocycles. The first-order valence-corrected chi connectivity index (χ1v) is 8.88. The maximum atomic E-state index is 12.7. The van der Waals surface area contributed by atoms with Crippen LogP contribution in [0.4, 0.5) is 13.2 Å². The van der Waals surface area contributed by atoms with Gasteiger partial charge >= 0.3 is 6.18 Å². The van der Waals surface area contributed by atoms with Crippen molar-refractivity contribution in [2.24, 2.45) is 11.1 Å². The summed E-state index contributed by atoms with van der Waals surface area (Å²) in [4.78, 5) is 12.8. The first-order valence-electron chi connectivity index (χ1n) is 7.39. The minimum Gasteiger partial charge on any atom is -0.344 e. The van der Waals surface area contributed by atoms with Crippen LogP contribution in [-0.2, 0) is 21.0 Å². The molecule has 0 aromatic heterocycles. The number of likely N-dealkylation sites (N-methyl/N-ethyl adjacent to an activating group) is 1. The lowest BCUT2D eigenvalue weighted by Crippen LogP contribution is -2.44. The normalized spacial score (nSPS) is 12.4. The quantitative estimate of drug-likeness (QED) is 0.708. The van der Waals surface area contributed by atoms with Gasteiger partial charge in [-0.3, -0.25) is 4.79 Å². The van der Waals surface area contributed by atoms with E-state index in [2.05, 4.69) is 0 Å². The van der Waals surface area contributed by atoms with E-state index < -0.39 is 39.1 Å². The highest BCUT2D eigenvalue weighted by Crippen LogP contribution is 2.30. The number of carbonyl (C=O) groups excluding carboxylic acids is 1. The third-order valence-corrected chi connectivity index (χ3v) is 4.93. The van der Waals surface area contributed by atoms with Gasteiger partial charge in [0.15, 0.2) is 0 Å². The molecule has 11 heteroatoms. The molecule has 0 atom stereocenters. The summed E-state index contributed by atoms with van der Waals surface area (Å²) < 4.78 is 64.3. The van der Waals surface area contributed by atoms with Crippen molar-refractivity contribution in [3.8, 4) is 0 Å². The number of sulfonamides is 1. The molecule has 0 radical (unpaired) electrons. The van der Waals surface area contributed by atoms with Crippen molar-refractivity contribution in [3.05, 3.63) is 29.8 Å². The highest BCUT2D eigenvalue weighted by atomic mass is 35.5. The third-order valence-electron chi connectivity index (χ3n) is 3.53. The number of halogens is 4. The molecule has 1 aromatic carbocycles. The maximum absolute atomic E-state index is 12.7. The van der Waals surface area contributed by atoms with Crippen LogP contribution in [0.3, 0.4) is 0 Å². The zero-order valence-corrected chi connectivity index (χ0v) is 16.3. The second kappa shape index (κ2) is 9.03. The van der Waals surface area contributed by atoms with Gasteiger partial charge in [0, 0.05) is 13.6 Å². The Morgan fingerprint density at radius 3 is 2.35 bits per heavy atom. The van der Waals surface area contributed by atoms with Crippen molar-refractivity contribution in [2.75, 3.05) is 26.7 Å².